The van der Waals surface area contributed by atoms with Crippen LogP contribution in [0.5, 0.6) is 0 Å². The van der Waals surface area contributed by atoms with Crippen molar-refractivity contribution in [3.8, 4) is 0 Å². The monoisotopic (exact) mass is 688 g/mol. The highest BCUT2D eigenvalue weighted by atomic mass is 32.2. The van der Waals surface area contributed by atoms with Gasteiger partial charge in [0.1, 0.15) is 11.4 Å². The lowest BCUT2D eigenvalue weighted by atomic mass is 9.92. The number of rotatable bonds is 8. The number of hydrogen-bond donors (Lipinski definition) is 1. The van der Waals surface area contributed by atoms with E-state index in [0.29, 0.717) is 29.9 Å². The highest BCUT2D eigenvalue weighted by Gasteiger charge is 2.35. The summed E-state index contributed by atoms with van der Waals surface area (Å²) in [7, 11) is 0.269. The molecule has 13 heteroatoms. The molecule has 1 amide bonds. The number of carbonyl (C=O) groups is 1. The molecule has 262 valence electrons. The van der Waals surface area contributed by atoms with Gasteiger partial charge in [-0.15, -0.1) is 0 Å². The average Bonchev–Trinajstić information content (AvgIpc) is 3.50. The number of nitrogens with zero attached hydrogens (tertiary/aromatic N) is 7. The van der Waals surface area contributed by atoms with Gasteiger partial charge in [0, 0.05) is 63.9 Å². The third-order valence-electron chi connectivity index (χ3n) is 9.38. The van der Waals surface area contributed by atoms with E-state index in [1.165, 1.54) is 3.97 Å². The summed E-state index contributed by atoms with van der Waals surface area (Å²) in [5.41, 5.74) is 2.32. The maximum absolute atomic E-state index is 13.8. The molecule has 4 aromatic rings. The van der Waals surface area contributed by atoms with Crippen LogP contribution in [0.4, 0.5) is 27.9 Å². The highest BCUT2D eigenvalue weighted by Crippen LogP contribution is 2.33. The number of ether oxygens (including phenoxy) is 1. The number of hydrogen-bond acceptors (Lipinski definition) is 10. The molecule has 0 aliphatic carbocycles. The number of likely N-dealkylation sites (N-methyl/N-ethyl adjacent to an activating group) is 2. The maximum Gasteiger partial charge on any atom is 0.410 e. The van der Waals surface area contributed by atoms with Crippen molar-refractivity contribution in [2.24, 2.45) is 5.92 Å². The number of anilines is 4. The van der Waals surface area contributed by atoms with Crippen molar-refractivity contribution >= 4 is 50.3 Å². The summed E-state index contributed by atoms with van der Waals surface area (Å²) < 4.78 is 34.6. The fraction of sp³-hybridized carbons (Fsp3) is 0.472. The van der Waals surface area contributed by atoms with Crippen LogP contribution in [0.15, 0.2) is 66.9 Å². The second kappa shape index (κ2) is 13.9. The maximum atomic E-state index is 13.8. The van der Waals surface area contributed by atoms with Crippen molar-refractivity contribution in [3.63, 3.8) is 0 Å². The van der Waals surface area contributed by atoms with Gasteiger partial charge >= 0.3 is 6.09 Å². The van der Waals surface area contributed by atoms with Gasteiger partial charge in [-0.1, -0.05) is 37.3 Å². The minimum absolute atomic E-state index is 0.0978. The Labute approximate surface area is 289 Å². The molecule has 4 heterocycles. The molecule has 0 radical (unpaired) electrons. The Morgan fingerprint density at radius 1 is 0.980 bits per heavy atom. The number of nitrogens with one attached hydrogen (secondary N) is 1. The third-order valence-corrected chi connectivity index (χ3v) is 11.0. The first kappa shape index (κ1) is 34.5. The predicted molar refractivity (Wildman–Crippen MR) is 195 cm³/mol. The Kier molecular flexibility index (Phi) is 9.76. The van der Waals surface area contributed by atoms with Crippen LogP contribution in [0.1, 0.15) is 39.7 Å². The second-order valence-corrected chi connectivity index (χ2v) is 16.1. The predicted octanol–water partition coefficient (Wildman–Crippen LogP) is 5.39. The number of benzene rings is 2. The summed E-state index contributed by atoms with van der Waals surface area (Å²) in [4.78, 5) is 31.3. The van der Waals surface area contributed by atoms with E-state index in [1.807, 2.05) is 58.2 Å². The molecular weight excluding hydrogens is 641 g/mol. The molecular formula is C36H48N8O4S. The Hall–Kier alpha value is -4.36. The number of piperidine rings is 1. The smallest absolute Gasteiger partial charge is 0.410 e. The molecule has 12 nitrogen and oxygen atoms in total. The van der Waals surface area contributed by atoms with Crippen LogP contribution in [0.2, 0.25) is 0 Å². The lowest BCUT2D eigenvalue weighted by Gasteiger charge is -2.42. The quantitative estimate of drug-likeness (QED) is 0.259. The van der Waals surface area contributed by atoms with E-state index in [9.17, 15) is 13.2 Å². The van der Waals surface area contributed by atoms with Gasteiger partial charge in [0.25, 0.3) is 0 Å². The average molecular weight is 689 g/mol. The van der Waals surface area contributed by atoms with Crippen LogP contribution in [-0.2, 0) is 20.5 Å². The summed E-state index contributed by atoms with van der Waals surface area (Å²) in [5.74, 6) is 0.923. The number of fused-ring (bicyclic) bond motifs is 1. The van der Waals surface area contributed by atoms with E-state index in [2.05, 4.69) is 46.1 Å². The minimum atomic E-state index is -3.82. The van der Waals surface area contributed by atoms with Crippen LogP contribution < -0.4 is 15.1 Å². The zero-order chi connectivity index (χ0) is 34.9. The van der Waals surface area contributed by atoms with Gasteiger partial charge in [-0.3, -0.25) is 0 Å². The molecule has 1 N–H and O–H groups in total. The molecule has 6 rings (SSSR count). The summed E-state index contributed by atoms with van der Waals surface area (Å²) in [6.45, 7) is 12.8. The summed E-state index contributed by atoms with van der Waals surface area (Å²) in [5, 5.41) is 3.95. The summed E-state index contributed by atoms with van der Waals surface area (Å²) >= 11 is 0. The Morgan fingerprint density at radius 3 is 2.35 bits per heavy atom. The summed E-state index contributed by atoms with van der Waals surface area (Å²) in [6, 6.07) is 19.0. The van der Waals surface area contributed by atoms with Gasteiger partial charge < -0.3 is 29.7 Å². The van der Waals surface area contributed by atoms with Gasteiger partial charge in [-0.2, -0.15) is 9.97 Å². The first-order chi connectivity index (χ1) is 23.3. The van der Waals surface area contributed by atoms with Crippen LogP contribution in [0, 0.1) is 5.92 Å². The minimum Gasteiger partial charge on any atom is -0.444 e. The van der Waals surface area contributed by atoms with E-state index < -0.39 is 15.6 Å². The van der Waals surface area contributed by atoms with E-state index in [-0.39, 0.29) is 35.4 Å². The fourth-order valence-corrected chi connectivity index (χ4v) is 7.93. The number of aromatic nitrogens is 3. The first-order valence-corrected chi connectivity index (χ1v) is 18.6. The molecule has 2 atom stereocenters. The lowest BCUT2D eigenvalue weighted by Crippen LogP contribution is -2.53. The molecule has 0 unspecified atom stereocenters. The molecule has 2 saturated heterocycles. The molecule has 2 aliphatic heterocycles. The van der Waals surface area contributed by atoms with Crippen molar-refractivity contribution in [1.82, 2.24) is 23.7 Å². The summed E-state index contributed by atoms with van der Waals surface area (Å²) in [6.07, 6.45) is 2.01. The molecule has 2 fully saturated rings. The largest absolute Gasteiger partial charge is 0.444 e. The molecule has 2 aromatic heterocycles. The molecule has 0 bridgehead atoms. The van der Waals surface area contributed by atoms with E-state index in [0.717, 1.165) is 44.0 Å². The zero-order valence-corrected chi connectivity index (χ0v) is 30.2. The first-order valence-electron chi connectivity index (χ1n) is 16.9. The number of piperazine rings is 1. The normalized spacial score (nSPS) is 19.2. The van der Waals surface area contributed by atoms with Crippen LogP contribution in [-0.4, -0.2) is 103 Å². The van der Waals surface area contributed by atoms with Gasteiger partial charge in [0.2, 0.25) is 16.0 Å². The second-order valence-electron chi connectivity index (χ2n) is 14.3. The van der Waals surface area contributed by atoms with Gasteiger partial charge in [-0.05, 0) is 76.1 Å². The van der Waals surface area contributed by atoms with Crippen molar-refractivity contribution in [1.29, 1.82) is 0 Å². The van der Waals surface area contributed by atoms with Crippen LogP contribution in [0.25, 0.3) is 11.0 Å². The van der Waals surface area contributed by atoms with Crippen molar-refractivity contribution in [3.05, 3.63) is 72.4 Å². The topological polar surface area (TPSA) is 116 Å². The van der Waals surface area contributed by atoms with Gasteiger partial charge in [0.15, 0.2) is 5.65 Å². The molecule has 0 saturated carbocycles. The lowest BCUT2D eigenvalue weighted by molar-refractivity contribution is 0.0165. The molecule has 49 heavy (non-hydrogen) atoms. The Morgan fingerprint density at radius 2 is 1.67 bits per heavy atom. The Balaban J connectivity index is 1.35. The standard InChI is InChI=1S/C36H48N8O4S/c1-26-16-18-43(35(45)48-36(2,3)4)24-31(26)41(6)32-30-17-19-44(49(46,47)25-27-10-8-7-9-11-27)33(30)39-34(38-32)37-28-12-14-29(15-13-28)42-22-20-40(5)21-23-42/h7-15,17,19,26,31H,16,18,20-25H2,1-6H3,(H,37,38,39)/t26-,31+/m1/s1. The third kappa shape index (κ3) is 7.94. The number of likely N-dealkylation sites (tertiary alicyclic amines) is 1. The van der Waals surface area contributed by atoms with Gasteiger partial charge in [-0.25, -0.2) is 17.2 Å². The highest BCUT2D eigenvalue weighted by molar-refractivity contribution is 7.89. The molecule has 2 aliphatic rings. The van der Waals surface area contributed by atoms with Crippen LogP contribution in [0.3, 0.4) is 0 Å². The molecule has 0 spiro atoms. The van der Waals surface area contributed by atoms with Crippen molar-refractivity contribution in [2.75, 3.05) is 68.5 Å². The van der Waals surface area contributed by atoms with E-state index in [4.69, 9.17) is 14.7 Å². The zero-order valence-electron chi connectivity index (χ0n) is 29.3. The molecule has 2 aromatic carbocycles. The van der Waals surface area contributed by atoms with E-state index in [1.54, 1.807) is 29.3 Å². The SMILES string of the molecule is C[C@@H]1CCN(C(=O)OC(C)(C)C)C[C@@H]1N(C)c1nc(Nc2ccc(N3CCN(C)CC3)cc2)nc2c1ccn2S(=O)(=O)Cc1ccccc1. The van der Waals surface area contributed by atoms with Crippen LogP contribution >= 0.6 is 0 Å². The Bertz CT molecular complexity index is 1870. The van der Waals surface area contributed by atoms with E-state index >= 15 is 0 Å². The van der Waals surface area contributed by atoms with Gasteiger partial charge in [0.05, 0.1) is 17.2 Å². The number of amides is 1. The van der Waals surface area contributed by atoms with Crippen molar-refractivity contribution < 1.29 is 17.9 Å². The number of carbonyl (C=O) groups excluding carboxylic acids is 1. The van der Waals surface area contributed by atoms with Crippen molar-refractivity contribution in [2.45, 2.75) is 51.5 Å². The fourth-order valence-electron chi connectivity index (χ4n) is 6.53.